The first-order valence-electron chi connectivity index (χ1n) is 9.44. The first kappa shape index (κ1) is 19.0. The lowest BCUT2D eigenvalue weighted by Crippen LogP contribution is -2.16. The van der Waals surface area contributed by atoms with Crippen LogP contribution in [-0.4, -0.2) is 42.0 Å². The van der Waals surface area contributed by atoms with E-state index in [1.54, 1.807) is 38.1 Å². The molecule has 1 amide bonds. The van der Waals surface area contributed by atoms with Crippen molar-refractivity contribution >= 4 is 22.6 Å². The number of amides is 1. The fraction of sp³-hybridized carbons (Fsp3) is 0.381. The summed E-state index contributed by atoms with van der Waals surface area (Å²) >= 11 is 0. The van der Waals surface area contributed by atoms with Crippen molar-refractivity contribution in [3.8, 4) is 17.2 Å². The highest BCUT2D eigenvalue weighted by atomic mass is 16.5. The molecule has 0 radical (unpaired) electrons. The number of methoxy groups -OCH3 is 3. The Morgan fingerprint density at radius 3 is 2.41 bits per heavy atom. The normalized spacial score (nSPS) is 12.7. The highest BCUT2D eigenvalue weighted by Gasteiger charge is 2.27. The second kappa shape index (κ2) is 7.27. The number of aryl methyl sites for hydroxylation is 3. The van der Waals surface area contributed by atoms with Crippen LogP contribution in [-0.2, 0) is 19.9 Å². The molecule has 1 N–H and O–H groups in total. The summed E-state index contributed by atoms with van der Waals surface area (Å²) in [6.07, 6.45) is 2.71. The van der Waals surface area contributed by atoms with Crippen molar-refractivity contribution < 1.29 is 19.0 Å². The third-order valence-corrected chi connectivity index (χ3v) is 5.32. The van der Waals surface area contributed by atoms with E-state index in [4.69, 9.17) is 19.2 Å². The van der Waals surface area contributed by atoms with Gasteiger partial charge in [-0.05, 0) is 31.7 Å². The number of fused-ring (bicyclic) bond motifs is 2. The number of nitrogens with one attached hydrogen (secondary N) is 1. The standard InChI is InChI=1S/C21H24N4O4/c1-11-17-18(13-7-6-8-14(13)23-20(17)25(2)24-11)21(26)22-12-9-15(27-3)19(29-5)16(10-12)28-4/h9-10H,6-8H2,1-5H3,(H,22,26). The SMILES string of the molecule is COc1cc(NC(=O)c2c3c(nc4c2c(C)nn4C)CCC3)cc(OC)c1OC. The third kappa shape index (κ3) is 3.04. The average Bonchev–Trinajstić information content (AvgIpc) is 3.29. The summed E-state index contributed by atoms with van der Waals surface area (Å²) in [5.41, 5.74) is 4.73. The van der Waals surface area contributed by atoms with Gasteiger partial charge in [0, 0.05) is 30.6 Å². The molecular formula is C21H24N4O4. The van der Waals surface area contributed by atoms with Gasteiger partial charge in [-0.15, -0.1) is 0 Å². The molecule has 1 aromatic carbocycles. The minimum absolute atomic E-state index is 0.194. The van der Waals surface area contributed by atoms with E-state index in [0.717, 1.165) is 47.2 Å². The Balaban J connectivity index is 1.82. The number of carbonyl (C=O) groups excluding carboxylic acids is 1. The highest BCUT2D eigenvalue weighted by molar-refractivity contribution is 6.14. The van der Waals surface area contributed by atoms with Crippen molar-refractivity contribution in [3.05, 3.63) is 34.6 Å². The fourth-order valence-electron chi connectivity index (χ4n) is 4.06. The first-order chi connectivity index (χ1) is 14.0. The van der Waals surface area contributed by atoms with Crippen LogP contribution in [0.2, 0.25) is 0 Å². The van der Waals surface area contributed by atoms with Gasteiger partial charge in [0.1, 0.15) is 0 Å². The van der Waals surface area contributed by atoms with Crippen molar-refractivity contribution in [3.63, 3.8) is 0 Å². The quantitative estimate of drug-likeness (QED) is 0.713. The number of rotatable bonds is 5. The largest absolute Gasteiger partial charge is 0.493 e. The van der Waals surface area contributed by atoms with E-state index in [0.29, 0.717) is 28.5 Å². The zero-order chi connectivity index (χ0) is 20.7. The summed E-state index contributed by atoms with van der Waals surface area (Å²) in [7, 11) is 6.48. The van der Waals surface area contributed by atoms with Gasteiger partial charge in [-0.1, -0.05) is 0 Å². The van der Waals surface area contributed by atoms with Gasteiger partial charge in [0.05, 0.1) is 38.0 Å². The van der Waals surface area contributed by atoms with Crippen LogP contribution in [0.15, 0.2) is 12.1 Å². The summed E-state index contributed by atoms with van der Waals surface area (Å²) in [5, 5.41) is 8.28. The van der Waals surface area contributed by atoms with Gasteiger partial charge >= 0.3 is 0 Å². The van der Waals surface area contributed by atoms with E-state index in [2.05, 4.69) is 10.4 Å². The van der Waals surface area contributed by atoms with E-state index in [1.165, 1.54) is 0 Å². The van der Waals surface area contributed by atoms with Gasteiger partial charge in [0.15, 0.2) is 17.1 Å². The van der Waals surface area contributed by atoms with Crippen molar-refractivity contribution in [2.45, 2.75) is 26.2 Å². The molecule has 29 heavy (non-hydrogen) atoms. The van der Waals surface area contributed by atoms with Crippen LogP contribution in [0.25, 0.3) is 11.0 Å². The zero-order valence-electron chi connectivity index (χ0n) is 17.3. The molecule has 152 valence electrons. The van der Waals surface area contributed by atoms with Crippen LogP contribution in [0.1, 0.15) is 33.7 Å². The van der Waals surface area contributed by atoms with Gasteiger partial charge in [-0.2, -0.15) is 5.10 Å². The van der Waals surface area contributed by atoms with Gasteiger partial charge < -0.3 is 19.5 Å². The average molecular weight is 396 g/mol. The number of hydrogen-bond donors (Lipinski definition) is 1. The molecule has 8 nitrogen and oxygen atoms in total. The minimum atomic E-state index is -0.194. The number of aromatic nitrogens is 3. The Morgan fingerprint density at radius 1 is 1.10 bits per heavy atom. The number of pyridine rings is 1. The van der Waals surface area contributed by atoms with Crippen LogP contribution in [0, 0.1) is 6.92 Å². The van der Waals surface area contributed by atoms with Crippen molar-refractivity contribution in [2.24, 2.45) is 7.05 Å². The molecule has 8 heteroatoms. The third-order valence-electron chi connectivity index (χ3n) is 5.32. The molecule has 0 unspecified atom stereocenters. The Bertz CT molecular complexity index is 1090. The molecule has 2 aromatic heterocycles. The Hall–Kier alpha value is -3.29. The maximum atomic E-state index is 13.4. The highest BCUT2D eigenvalue weighted by Crippen LogP contribution is 2.40. The lowest BCUT2D eigenvalue weighted by molar-refractivity contribution is 0.102. The number of ether oxygens (including phenoxy) is 3. The zero-order valence-corrected chi connectivity index (χ0v) is 17.3. The molecule has 4 rings (SSSR count). The predicted molar refractivity (Wildman–Crippen MR) is 109 cm³/mol. The molecule has 1 aliphatic rings. The molecule has 2 heterocycles. The Labute approximate surface area is 168 Å². The van der Waals surface area contributed by atoms with E-state index >= 15 is 0 Å². The summed E-state index contributed by atoms with van der Waals surface area (Å²) in [4.78, 5) is 18.2. The molecule has 0 aliphatic heterocycles. The molecule has 0 atom stereocenters. The summed E-state index contributed by atoms with van der Waals surface area (Å²) in [6.45, 7) is 1.90. The van der Waals surface area contributed by atoms with Crippen molar-refractivity contribution in [1.29, 1.82) is 0 Å². The second-order valence-corrected chi connectivity index (χ2v) is 7.04. The van der Waals surface area contributed by atoms with Gasteiger partial charge in [-0.25, -0.2) is 4.98 Å². The van der Waals surface area contributed by atoms with Gasteiger partial charge in [-0.3, -0.25) is 9.48 Å². The number of nitrogens with zero attached hydrogens (tertiary/aromatic N) is 3. The summed E-state index contributed by atoms with van der Waals surface area (Å²) < 4.78 is 17.9. The fourth-order valence-corrected chi connectivity index (χ4v) is 4.06. The predicted octanol–water partition coefficient (Wildman–Crippen LogP) is 3.04. The van der Waals surface area contributed by atoms with E-state index in [1.807, 2.05) is 14.0 Å². The molecule has 0 fully saturated rings. The molecule has 0 spiro atoms. The van der Waals surface area contributed by atoms with Crippen LogP contribution in [0.4, 0.5) is 5.69 Å². The maximum absolute atomic E-state index is 13.4. The number of benzene rings is 1. The lowest BCUT2D eigenvalue weighted by Gasteiger charge is -2.16. The molecule has 0 saturated carbocycles. The van der Waals surface area contributed by atoms with E-state index < -0.39 is 0 Å². The smallest absolute Gasteiger partial charge is 0.256 e. The van der Waals surface area contributed by atoms with E-state index in [9.17, 15) is 4.79 Å². The Morgan fingerprint density at radius 2 is 1.79 bits per heavy atom. The van der Waals surface area contributed by atoms with Crippen LogP contribution >= 0.6 is 0 Å². The van der Waals surface area contributed by atoms with Crippen LogP contribution in [0.5, 0.6) is 17.2 Å². The number of carbonyl (C=O) groups is 1. The number of hydrogen-bond acceptors (Lipinski definition) is 6. The van der Waals surface area contributed by atoms with Gasteiger partial charge in [0.25, 0.3) is 5.91 Å². The topological polar surface area (TPSA) is 87.5 Å². The maximum Gasteiger partial charge on any atom is 0.256 e. The van der Waals surface area contributed by atoms with Crippen molar-refractivity contribution in [2.75, 3.05) is 26.6 Å². The number of anilines is 1. The van der Waals surface area contributed by atoms with Gasteiger partial charge in [0.2, 0.25) is 5.75 Å². The summed E-state index contributed by atoms with van der Waals surface area (Å²) in [6, 6.07) is 3.43. The lowest BCUT2D eigenvalue weighted by atomic mass is 10.0. The first-order valence-corrected chi connectivity index (χ1v) is 9.44. The van der Waals surface area contributed by atoms with Crippen molar-refractivity contribution in [1.82, 2.24) is 14.8 Å². The monoisotopic (exact) mass is 396 g/mol. The van der Waals surface area contributed by atoms with E-state index in [-0.39, 0.29) is 5.91 Å². The van der Waals surface area contributed by atoms with Crippen LogP contribution in [0.3, 0.4) is 0 Å². The molecule has 0 saturated heterocycles. The molecule has 3 aromatic rings. The molecule has 1 aliphatic carbocycles. The summed E-state index contributed by atoms with van der Waals surface area (Å²) in [5.74, 6) is 1.24. The van der Waals surface area contributed by atoms with Crippen LogP contribution < -0.4 is 19.5 Å². The second-order valence-electron chi connectivity index (χ2n) is 7.04. The Kier molecular flexibility index (Phi) is 4.77. The minimum Gasteiger partial charge on any atom is -0.493 e. The molecule has 0 bridgehead atoms. The molecular weight excluding hydrogens is 372 g/mol.